The van der Waals surface area contributed by atoms with Crippen molar-refractivity contribution < 1.29 is 8.78 Å². The van der Waals surface area contributed by atoms with Crippen LogP contribution in [0.25, 0.3) is 0 Å². The quantitative estimate of drug-likeness (QED) is 0.518. The Morgan fingerprint density at radius 2 is 1.86 bits per heavy atom. The number of hydrogen-bond acceptors (Lipinski definition) is 2. The van der Waals surface area contributed by atoms with Crippen LogP contribution in [0.15, 0.2) is 53.6 Å². The summed E-state index contributed by atoms with van der Waals surface area (Å²) >= 11 is 5.05. The van der Waals surface area contributed by atoms with Crippen LogP contribution in [0.3, 0.4) is 0 Å². The minimum absolute atomic E-state index is 0.345. The highest BCUT2D eigenvalue weighted by Gasteiger charge is 2.00. The molecule has 0 saturated carbocycles. The maximum absolute atomic E-state index is 13.0. The van der Waals surface area contributed by atoms with E-state index in [-0.39, 0.29) is 0 Å². The summed E-state index contributed by atoms with van der Waals surface area (Å²) in [5.74, 6) is -1.80. The van der Waals surface area contributed by atoms with Crippen LogP contribution >= 0.6 is 12.2 Å². The molecular weight excluding hydrogens is 292 g/mol. The van der Waals surface area contributed by atoms with E-state index in [4.69, 9.17) is 12.2 Å². The third-order valence-corrected chi connectivity index (χ3v) is 2.85. The molecular formula is C15H13F2N3S. The van der Waals surface area contributed by atoms with Crippen molar-refractivity contribution in [2.45, 2.75) is 6.54 Å². The average molecular weight is 305 g/mol. The normalized spacial score (nSPS) is 10.6. The van der Waals surface area contributed by atoms with E-state index < -0.39 is 11.6 Å². The van der Waals surface area contributed by atoms with Gasteiger partial charge >= 0.3 is 0 Å². The molecule has 0 amide bonds. The molecule has 0 fully saturated rings. The lowest BCUT2D eigenvalue weighted by atomic mass is 10.2. The second kappa shape index (κ2) is 7.44. The molecule has 0 atom stereocenters. The van der Waals surface area contributed by atoms with Crippen LogP contribution in [0, 0.1) is 11.6 Å². The van der Waals surface area contributed by atoms with Gasteiger partial charge in [0.15, 0.2) is 16.7 Å². The number of thiocarbonyl (C=S) groups is 1. The van der Waals surface area contributed by atoms with Crippen LogP contribution in [0.5, 0.6) is 0 Å². The first kappa shape index (κ1) is 15.1. The summed E-state index contributed by atoms with van der Waals surface area (Å²) in [6, 6.07) is 13.3. The maximum Gasteiger partial charge on any atom is 0.187 e. The highest BCUT2D eigenvalue weighted by molar-refractivity contribution is 7.80. The van der Waals surface area contributed by atoms with Crippen molar-refractivity contribution in [2.75, 3.05) is 0 Å². The Morgan fingerprint density at radius 3 is 2.57 bits per heavy atom. The smallest absolute Gasteiger partial charge is 0.187 e. The Hall–Kier alpha value is -2.34. The Kier molecular flexibility index (Phi) is 5.34. The molecule has 2 aromatic carbocycles. The fraction of sp³-hybridized carbons (Fsp3) is 0.0667. The number of nitrogens with zero attached hydrogens (tertiary/aromatic N) is 1. The van der Waals surface area contributed by atoms with E-state index in [2.05, 4.69) is 15.8 Å². The molecule has 0 aromatic heterocycles. The molecule has 21 heavy (non-hydrogen) atoms. The molecule has 0 aliphatic rings. The third-order valence-electron chi connectivity index (χ3n) is 2.62. The number of hydrazone groups is 1. The predicted molar refractivity (Wildman–Crippen MR) is 83.0 cm³/mol. The summed E-state index contributed by atoms with van der Waals surface area (Å²) in [4.78, 5) is 0. The molecule has 0 aliphatic heterocycles. The van der Waals surface area contributed by atoms with Crippen molar-refractivity contribution in [2.24, 2.45) is 5.10 Å². The summed E-state index contributed by atoms with van der Waals surface area (Å²) in [5, 5.41) is 7.18. The van der Waals surface area contributed by atoms with E-state index in [0.29, 0.717) is 17.2 Å². The van der Waals surface area contributed by atoms with Crippen LogP contribution in [-0.4, -0.2) is 11.3 Å². The van der Waals surface area contributed by atoms with Gasteiger partial charge in [0.05, 0.1) is 6.21 Å². The first-order chi connectivity index (χ1) is 10.1. The number of nitrogens with one attached hydrogen (secondary N) is 2. The van der Waals surface area contributed by atoms with Crippen LogP contribution in [0.4, 0.5) is 8.78 Å². The van der Waals surface area contributed by atoms with Gasteiger partial charge in [-0.05, 0) is 35.5 Å². The zero-order valence-corrected chi connectivity index (χ0v) is 11.8. The van der Waals surface area contributed by atoms with E-state index in [9.17, 15) is 8.78 Å². The first-order valence-electron chi connectivity index (χ1n) is 6.21. The van der Waals surface area contributed by atoms with E-state index in [1.54, 1.807) is 0 Å². The van der Waals surface area contributed by atoms with Crippen molar-refractivity contribution in [3.8, 4) is 0 Å². The zero-order chi connectivity index (χ0) is 15.1. The van der Waals surface area contributed by atoms with Crippen LogP contribution in [0.1, 0.15) is 11.1 Å². The topological polar surface area (TPSA) is 36.4 Å². The fourth-order valence-corrected chi connectivity index (χ4v) is 1.70. The SMILES string of the molecule is Fc1ccc(/C=N/NC(=S)NCc2ccccc2)cc1F. The highest BCUT2D eigenvalue weighted by Crippen LogP contribution is 2.06. The third kappa shape index (κ3) is 4.92. The first-order valence-corrected chi connectivity index (χ1v) is 6.62. The van der Waals surface area contributed by atoms with Crippen LogP contribution in [-0.2, 0) is 6.54 Å². The van der Waals surface area contributed by atoms with Crippen molar-refractivity contribution in [3.05, 3.63) is 71.3 Å². The van der Waals surface area contributed by atoms with Gasteiger partial charge in [0.25, 0.3) is 0 Å². The zero-order valence-electron chi connectivity index (χ0n) is 11.0. The predicted octanol–water partition coefficient (Wildman–Crippen LogP) is 2.96. The van der Waals surface area contributed by atoms with E-state index in [0.717, 1.165) is 17.7 Å². The summed E-state index contributed by atoms with van der Waals surface area (Å²) in [7, 11) is 0. The lowest BCUT2D eigenvalue weighted by Crippen LogP contribution is -2.31. The molecule has 0 saturated heterocycles. The van der Waals surface area contributed by atoms with Crippen molar-refractivity contribution >= 4 is 23.5 Å². The lowest BCUT2D eigenvalue weighted by molar-refractivity contribution is 0.508. The Labute approximate surface area is 126 Å². The molecule has 2 rings (SSSR count). The Bertz CT molecular complexity index is 645. The largest absolute Gasteiger partial charge is 0.357 e. The van der Waals surface area contributed by atoms with Gasteiger partial charge in [-0.3, -0.25) is 5.43 Å². The molecule has 108 valence electrons. The van der Waals surface area contributed by atoms with Gasteiger partial charge in [0.2, 0.25) is 0 Å². The molecule has 6 heteroatoms. The van der Waals surface area contributed by atoms with Gasteiger partial charge < -0.3 is 5.32 Å². The van der Waals surface area contributed by atoms with Crippen LogP contribution in [0.2, 0.25) is 0 Å². The molecule has 0 aliphatic carbocycles. The molecule has 2 N–H and O–H groups in total. The number of halogens is 2. The number of benzene rings is 2. The van der Waals surface area contributed by atoms with Gasteiger partial charge in [0.1, 0.15) is 0 Å². The lowest BCUT2D eigenvalue weighted by Gasteiger charge is -2.06. The molecule has 0 spiro atoms. The van der Waals surface area contributed by atoms with Gasteiger partial charge in [-0.1, -0.05) is 36.4 Å². The molecule has 0 heterocycles. The summed E-state index contributed by atoms with van der Waals surface area (Å²) in [6.45, 7) is 0.577. The molecule has 0 bridgehead atoms. The van der Waals surface area contributed by atoms with E-state index in [1.165, 1.54) is 12.3 Å². The molecule has 0 unspecified atom stereocenters. The minimum atomic E-state index is -0.913. The highest BCUT2D eigenvalue weighted by atomic mass is 32.1. The Morgan fingerprint density at radius 1 is 1.10 bits per heavy atom. The summed E-state index contributed by atoms with van der Waals surface area (Å²) in [6.07, 6.45) is 1.36. The standard InChI is InChI=1S/C15H13F2N3S/c16-13-7-6-12(8-14(13)17)10-19-20-15(21)18-9-11-4-2-1-3-5-11/h1-8,10H,9H2,(H2,18,20,21)/b19-10+. The van der Waals surface area contributed by atoms with E-state index in [1.807, 2.05) is 30.3 Å². The summed E-state index contributed by atoms with van der Waals surface area (Å²) in [5.41, 5.74) is 4.14. The second-order valence-corrected chi connectivity index (χ2v) is 4.62. The van der Waals surface area contributed by atoms with Crippen molar-refractivity contribution in [1.29, 1.82) is 0 Å². The van der Waals surface area contributed by atoms with Gasteiger partial charge in [-0.2, -0.15) is 5.10 Å². The monoisotopic (exact) mass is 305 g/mol. The number of hydrogen-bond donors (Lipinski definition) is 2. The van der Waals surface area contributed by atoms with Crippen LogP contribution < -0.4 is 10.7 Å². The van der Waals surface area contributed by atoms with Gasteiger partial charge in [-0.25, -0.2) is 8.78 Å². The maximum atomic E-state index is 13.0. The molecule has 2 aromatic rings. The minimum Gasteiger partial charge on any atom is -0.357 e. The summed E-state index contributed by atoms with van der Waals surface area (Å²) < 4.78 is 25.7. The van der Waals surface area contributed by atoms with E-state index >= 15 is 0 Å². The van der Waals surface area contributed by atoms with Crippen molar-refractivity contribution in [1.82, 2.24) is 10.7 Å². The van der Waals surface area contributed by atoms with Gasteiger partial charge in [0, 0.05) is 6.54 Å². The fourth-order valence-electron chi connectivity index (χ4n) is 1.58. The second-order valence-electron chi connectivity index (χ2n) is 4.21. The Balaban J connectivity index is 1.80. The molecule has 3 nitrogen and oxygen atoms in total. The molecule has 0 radical (unpaired) electrons. The number of rotatable bonds is 4. The average Bonchev–Trinajstić information content (AvgIpc) is 2.50. The van der Waals surface area contributed by atoms with Crippen molar-refractivity contribution in [3.63, 3.8) is 0 Å². The van der Waals surface area contributed by atoms with Gasteiger partial charge in [-0.15, -0.1) is 0 Å².